The zero-order valence-corrected chi connectivity index (χ0v) is 11.0. The van der Waals surface area contributed by atoms with Crippen molar-refractivity contribution in [1.29, 1.82) is 0 Å². The molecule has 0 unspecified atom stereocenters. The summed E-state index contributed by atoms with van der Waals surface area (Å²) in [5, 5.41) is 15.1. The lowest BCUT2D eigenvalue weighted by molar-refractivity contribution is -0.115. The number of anilines is 1. The highest BCUT2D eigenvalue weighted by atomic mass is 32.2. The average Bonchev–Trinajstić information content (AvgIpc) is 2.94. The van der Waals surface area contributed by atoms with Crippen LogP contribution in [-0.4, -0.2) is 34.2 Å². The van der Waals surface area contributed by atoms with E-state index >= 15 is 0 Å². The van der Waals surface area contributed by atoms with Gasteiger partial charge in [0.15, 0.2) is 5.17 Å². The SMILES string of the molecule is O=C(CC1=CSC2=NCCN12)Nc1cccc(O)c1. The molecule has 0 saturated carbocycles. The van der Waals surface area contributed by atoms with Crippen LogP contribution >= 0.6 is 11.8 Å². The fourth-order valence-corrected chi connectivity index (χ4v) is 3.02. The fourth-order valence-electron chi connectivity index (χ4n) is 2.07. The number of phenols is 1. The number of carbonyl (C=O) groups is 1. The van der Waals surface area contributed by atoms with Crippen LogP contribution in [0, 0.1) is 0 Å². The van der Waals surface area contributed by atoms with Crippen molar-refractivity contribution in [1.82, 2.24) is 4.90 Å². The molecule has 2 aliphatic heterocycles. The Morgan fingerprint density at radius 1 is 1.53 bits per heavy atom. The molecule has 0 aliphatic carbocycles. The summed E-state index contributed by atoms with van der Waals surface area (Å²) in [7, 11) is 0. The summed E-state index contributed by atoms with van der Waals surface area (Å²) in [6, 6.07) is 6.54. The first kappa shape index (κ1) is 12.1. The van der Waals surface area contributed by atoms with E-state index in [-0.39, 0.29) is 11.7 Å². The molecule has 0 radical (unpaired) electrons. The molecule has 5 nitrogen and oxygen atoms in total. The van der Waals surface area contributed by atoms with Gasteiger partial charge >= 0.3 is 0 Å². The molecule has 2 heterocycles. The predicted octanol–water partition coefficient (Wildman–Crippen LogP) is 1.98. The Bertz CT molecular complexity index is 583. The number of phenolic OH excluding ortho intramolecular Hbond substituents is 1. The van der Waals surface area contributed by atoms with Gasteiger partial charge in [-0.2, -0.15) is 0 Å². The van der Waals surface area contributed by atoms with Crippen LogP contribution in [-0.2, 0) is 4.79 Å². The molecule has 19 heavy (non-hydrogen) atoms. The molecule has 0 bridgehead atoms. The molecular weight excluding hydrogens is 262 g/mol. The van der Waals surface area contributed by atoms with E-state index in [0.29, 0.717) is 12.1 Å². The minimum atomic E-state index is -0.0920. The van der Waals surface area contributed by atoms with Crippen molar-refractivity contribution in [2.24, 2.45) is 4.99 Å². The van der Waals surface area contributed by atoms with Crippen LogP contribution in [0.5, 0.6) is 5.75 Å². The molecule has 98 valence electrons. The van der Waals surface area contributed by atoms with Crippen molar-refractivity contribution in [2.75, 3.05) is 18.4 Å². The zero-order chi connectivity index (χ0) is 13.2. The van der Waals surface area contributed by atoms with Gasteiger partial charge in [-0.05, 0) is 17.5 Å². The van der Waals surface area contributed by atoms with Gasteiger partial charge < -0.3 is 15.3 Å². The van der Waals surface area contributed by atoms with Crippen molar-refractivity contribution in [3.05, 3.63) is 35.4 Å². The second-order valence-electron chi connectivity index (χ2n) is 4.32. The molecule has 1 aromatic rings. The zero-order valence-electron chi connectivity index (χ0n) is 10.2. The van der Waals surface area contributed by atoms with Crippen LogP contribution in [0.1, 0.15) is 6.42 Å². The Hall–Kier alpha value is -1.95. The van der Waals surface area contributed by atoms with E-state index in [9.17, 15) is 9.90 Å². The smallest absolute Gasteiger partial charge is 0.230 e. The van der Waals surface area contributed by atoms with Gasteiger partial charge in [-0.25, -0.2) is 0 Å². The summed E-state index contributed by atoms with van der Waals surface area (Å²) in [4.78, 5) is 18.4. The highest BCUT2D eigenvalue weighted by Gasteiger charge is 2.27. The van der Waals surface area contributed by atoms with Gasteiger partial charge in [0, 0.05) is 24.0 Å². The van der Waals surface area contributed by atoms with E-state index in [4.69, 9.17) is 0 Å². The predicted molar refractivity (Wildman–Crippen MR) is 76.0 cm³/mol. The summed E-state index contributed by atoms with van der Waals surface area (Å²) < 4.78 is 0. The van der Waals surface area contributed by atoms with Gasteiger partial charge in [0.05, 0.1) is 13.0 Å². The number of amides is 1. The average molecular weight is 275 g/mol. The Labute approximate surface area is 115 Å². The number of carbonyl (C=O) groups excluding carboxylic acids is 1. The molecule has 3 rings (SSSR count). The minimum absolute atomic E-state index is 0.0920. The Morgan fingerprint density at radius 2 is 2.42 bits per heavy atom. The van der Waals surface area contributed by atoms with Crippen LogP contribution in [0.25, 0.3) is 0 Å². The first-order chi connectivity index (χ1) is 9.22. The third kappa shape index (κ3) is 2.58. The molecule has 0 spiro atoms. The maximum Gasteiger partial charge on any atom is 0.230 e. The van der Waals surface area contributed by atoms with E-state index in [1.54, 1.807) is 30.0 Å². The van der Waals surface area contributed by atoms with Gasteiger partial charge in [-0.15, -0.1) is 0 Å². The fraction of sp³-hybridized carbons (Fsp3) is 0.231. The maximum absolute atomic E-state index is 12.0. The largest absolute Gasteiger partial charge is 0.508 e. The number of benzene rings is 1. The Balaban J connectivity index is 1.62. The number of amidine groups is 1. The van der Waals surface area contributed by atoms with Gasteiger partial charge in [-0.1, -0.05) is 17.8 Å². The lowest BCUT2D eigenvalue weighted by Gasteiger charge is -2.16. The van der Waals surface area contributed by atoms with Crippen LogP contribution in [0.3, 0.4) is 0 Å². The van der Waals surface area contributed by atoms with Crippen LogP contribution in [0.15, 0.2) is 40.4 Å². The van der Waals surface area contributed by atoms with Gasteiger partial charge in [0.1, 0.15) is 5.75 Å². The first-order valence-corrected chi connectivity index (χ1v) is 6.87. The highest BCUT2D eigenvalue weighted by molar-refractivity contribution is 8.16. The van der Waals surface area contributed by atoms with Crippen molar-refractivity contribution < 1.29 is 9.90 Å². The third-order valence-electron chi connectivity index (χ3n) is 2.92. The van der Waals surface area contributed by atoms with Crippen LogP contribution in [0.2, 0.25) is 0 Å². The molecule has 1 aromatic carbocycles. The highest BCUT2D eigenvalue weighted by Crippen LogP contribution is 2.31. The van der Waals surface area contributed by atoms with E-state index in [2.05, 4.69) is 15.2 Å². The van der Waals surface area contributed by atoms with E-state index in [1.807, 2.05) is 5.41 Å². The monoisotopic (exact) mass is 275 g/mol. The van der Waals surface area contributed by atoms with Crippen molar-refractivity contribution in [2.45, 2.75) is 6.42 Å². The lowest BCUT2D eigenvalue weighted by Crippen LogP contribution is -2.24. The number of aliphatic imine (C=N–C) groups is 1. The minimum Gasteiger partial charge on any atom is -0.508 e. The topological polar surface area (TPSA) is 64.9 Å². The summed E-state index contributed by atoms with van der Waals surface area (Å²) in [6.45, 7) is 1.65. The molecule has 6 heteroatoms. The number of nitrogens with one attached hydrogen (secondary N) is 1. The quantitative estimate of drug-likeness (QED) is 0.885. The summed E-state index contributed by atoms with van der Waals surface area (Å²) in [6.07, 6.45) is 0.321. The molecule has 0 saturated heterocycles. The van der Waals surface area contributed by atoms with Gasteiger partial charge in [-0.3, -0.25) is 9.79 Å². The molecule has 2 aliphatic rings. The third-order valence-corrected chi connectivity index (χ3v) is 3.87. The van der Waals surface area contributed by atoms with Crippen LogP contribution < -0.4 is 5.32 Å². The second-order valence-corrected chi connectivity index (χ2v) is 5.15. The standard InChI is InChI=1S/C13H13N3O2S/c17-11-3-1-2-9(6-11)15-12(18)7-10-8-19-13-14-4-5-16(10)13/h1-3,6,8,17H,4-5,7H2,(H,15,18). The second kappa shape index (κ2) is 4.97. The number of thioether (sulfide) groups is 1. The van der Waals surface area contributed by atoms with Crippen molar-refractivity contribution in [3.8, 4) is 5.75 Å². The molecule has 0 aromatic heterocycles. The van der Waals surface area contributed by atoms with Crippen LogP contribution in [0.4, 0.5) is 5.69 Å². The molecule has 0 atom stereocenters. The molecule has 1 amide bonds. The van der Waals surface area contributed by atoms with Gasteiger partial charge in [0.25, 0.3) is 0 Å². The number of nitrogens with zero attached hydrogens (tertiary/aromatic N) is 2. The summed E-state index contributed by atoms with van der Waals surface area (Å²) in [5.74, 6) is 0.0491. The number of hydrogen-bond donors (Lipinski definition) is 2. The molecular formula is C13H13N3O2S. The van der Waals surface area contributed by atoms with E-state index in [0.717, 1.165) is 24.0 Å². The number of rotatable bonds is 3. The number of hydrogen-bond acceptors (Lipinski definition) is 5. The molecule has 2 N–H and O–H groups in total. The number of aromatic hydroxyl groups is 1. The molecule has 0 fully saturated rings. The van der Waals surface area contributed by atoms with Crippen molar-refractivity contribution in [3.63, 3.8) is 0 Å². The van der Waals surface area contributed by atoms with Gasteiger partial charge in [0.2, 0.25) is 5.91 Å². The summed E-state index contributed by atoms with van der Waals surface area (Å²) >= 11 is 1.57. The first-order valence-electron chi connectivity index (χ1n) is 5.99. The Kier molecular flexibility index (Phi) is 3.16. The van der Waals surface area contributed by atoms with Crippen molar-refractivity contribution >= 4 is 28.5 Å². The maximum atomic E-state index is 12.0. The summed E-state index contributed by atoms with van der Waals surface area (Å²) in [5.41, 5.74) is 1.59. The Morgan fingerprint density at radius 3 is 3.26 bits per heavy atom. The van der Waals surface area contributed by atoms with E-state index < -0.39 is 0 Å². The lowest BCUT2D eigenvalue weighted by atomic mass is 10.2. The van der Waals surface area contributed by atoms with E-state index in [1.165, 1.54) is 6.07 Å². The number of fused-ring (bicyclic) bond motifs is 1. The normalized spacial score (nSPS) is 16.9.